The molecule has 3 aromatic rings. The van der Waals surface area contributed by atoms with Crippen LogP contribution in [0.25, 0.3) is 11.0 Å². The lowest BCUT2D eigenvalue weighted by Crippen LogP contribution is -2.36. The van der Waals surface area contributed by atoms with Crippen LogP contribution in [-0.4, -0.2) is 34.9 Å². The van der Waals surface area contributed by atoms with Crippen LogP contribution in [0.4, 0.5) is 5.95 Å². The number of imidazole rings is 1. The first-order valence-corrected chi connectivity index (χ1v) is 8.12. The van der Waals surface area contributed by atoms with Crippen molar-refractivity contribution in [3.8, 4) is 0 Å². The molecule has 1 unspecified atom stereocenters. The second kappa shape index (κ2) is 6.07. The molecule has 1 atom stereocenters. The minimum atomic E-state index is -0.218. The molecule has 1 aromatic heterocycles. The summed E-state index contributed by atoms with van der Waals surface area (Å²) in [5.41, 5.74) is 6.72. The quantitative estimate of drug-likeness (QED) is 0.723. The van der Waals surface area contributed by atoms with E-state index in [-0.39, 0.29) is 11.9 Å². The molecule has 1 amide bonds. The van der Waals surface area contributed by atoms with Gasteiger partial charge in [0.1, 0.15) is 0 Å². The number of aromatic nitrogens is 2. The minimum Gasteiger partial charge on any atom is -0.383 e. The summed E-state index contributed by atoms with van der Waals surface area (Å²) in [5, 5.41) is 1.49. The van der Waals surface area contributed by atoms with Gasteiger partial charge in [0, 0.05) is 20.3 Å². The first-order valence-electron chi connectivity index (χ1n) is 8.12. The second-order valence-electron chi connectivity index (χ2n) is 6.24. The van der Waals surface area contributed by atoms with Crippen LogP contribution in [-0.2, 0) is 4.79 Å². The molecule has 1 saturated heterocycles. The van der Waals surface area contributed by atoms with E-state index in [4.69, 9.17) is 0 Å². The second-order valence-corrected chi connectivity index (χ2v) is 6.24. The Bertz CT molecular complexity index is 912. The molecule has 0 aliphatic carbocycles. The lowest BCUT2D eigenvalue weighted by Gasteiger charge is -2.15. The van der Waals surface area contributed by atoms with Gasteiger partial charge in [0.05, 0.1) is 22.6 Å². The van der Waals surface area contributed by atoms with Crippen molar-refractivity contribution in [2.45, 2.75) is 6.04 Å². The zero-order valence-electron chi connectivity index (χ0n) is 14.1. The van der Waals surface area contributed by atoms with Crippen LogP contribution in [0.15, 0.2) is 66.4 Å². The fourth-order valence-corrected chi connectivity index (χ4v) is 3.02. The number of carbonyl (C=O) groups excluding carboxylic acids is 1. The Hall–Kier alpha value is -3.12. The number of benzene rings is 2. The third-order valence-corrected chi connectivity index (χ3v) is 4.14. The van der Waals surface area contributed by atoms with Gasteiger partial charge in [-0.15, -0.1) is 0 Å². The van der Waals surface area contributed by atoms with Crippen LogP contribution in [0, 0.1) is 0 Å². The molecule has 6 nitrogen and oxygen atoms in total. The average molecular weight is 333 g/mol. The van der Waals surface area contributed by atoms with E-state index in [0.29, 0.717) is 11.5 Å². The predicted octanol–water partition coefficient (Wildman–Crippen LogP) is 2.60. The number of H-pyrrole nitrogens is 1. The van der Waals surface area contributed by atoms with Crippen LogP contribution in [0.3, 0.4) is 0 Å². The molecule has 0 radical (unpaired) electrons. The minimum absolute atomic E-state index is 0.110. The molecular weight excluding hydrogens is 314 g/mol. The summed E-state index contributed by atoms with van der Waals surface area (Å²) in [6.07, 6.45) is 1.86. The van der Waals surface area contributed by atoms with E-state index in [1.165, 1.54) is 5.01 Å². The topological polar surface area (TPSA) is 64.3 Å². The van der Waals surface area contributed by atoms with E-state index < -0.39 is 0 Å². The standard InChI is InChI=1S/C19H19N5O/c1-23(2)12-14-17(13-8-4-3-5-9-13)22-24(18(14)25)19-20-15-10-6-7-11-16(15)21-19/h3-12,17,22H,1-2H3,(H,20,21)/b14-12-. The van der Waals surface area contributed by atoms with E-state index in [1.807, 2.05) is 79.8 Å². The number of anilines is 1. The third-order valence-electron chi connectivity index (χ3n) is 4.14. The molecule has 25 heavy (non-hydrogen) atoms. The number of hydrazine groups is 1. The smallest absolute Gasteiger partial charge is 0.274 e. The van der Waals surface area contributed by atoms with E-state index in [1.54, 1.807) is 0 Å². The first kappa shape index (κ1) is 15.4. The Morgan fingerprint density at radius 1 is 1.08 bits per heavy atom. The SMILES string of the molecule is CN(C)/C=C1\C(=O)N(c2nc3ccccc3[nH]2)NC1c1ccccc1. The van der Waals surface area contributed by atoms with Gasteiger partial charge in [-0.05, 0) is 17.7 Å². The Morgan fingerprint density at radius 2 is 1.80 bits per heavy atom. The maximum absolute atomic E-state index is 13.0. The number of carbonyl (C=O) groups is 1. The van der Waals surface area contributed by atoms with E-state index in [9.17, 15) is 4.79 Å². The molecule has 1 aliphatic rings. The number of fused-ring (bicyclic) bond motifs is 1. The predicted molar refractivity (Wildman–Crippen MR) is 97.7 cm³/mol. The maximum Gasteiger partial charge on any atom is 0.274 e. The lowest BCUT2D eigenvalue weighted by molar-refractivity contribution is -0.114. The maximum atomic E-state index is 13.0. The highest BCUT2D eigenvalue weighted by Crippen LogP contribution is 2.31. The number of nitrogens with zero attached hydrogens (tertiary/aromatic N) is 3. The van der Waals surface area contributed by atoms with Crippen molar-refractivity contribution in [1.82, 2.24) is 20.3 Å². The number of aromatic amines is 1. The molecule has 2 N–H and O–H groups in total. The molecule has 0 bridgehead atoms. The van der Waals surface area contributed by atoms with Crippen LogP contribution < -0.4 is 10.4 Å². The van der Waals surface area contributed by atoms with Gasteiger partial charge in [0.15, 0.2) is 0 Å². The highest BCUT2D eigenvalue weighted by Gasteiger charge is 2.38. The molecule has 1 aliphatic heterocycles. The van der Waals surface area contributed by atoms with Gasteiger partial charge in [-0.25, -0.2) is 15.4 Å². The fraction of sp³-hybridized carbons (Fsp3) is 0.158. The zero-order valence-corrected chi connectivity index (χ0v) is 14.1. The fourth-order valence-electron chi connectivity index (χ4n) is 3.02. The summed E-state index contributed by atoms with van der Waals surface area (Å²) in [6, 6.07) is 17.4. The normalized spacial score (nSPS) is 19.1. The highest BCUT2D eigenvalue weighted by molar-refractivity contribution is 6.08. The molecule has 2 heterocycles. The summed E-state index contributed by atoms with van der Waals surface area (Å²) in [4.78, 5) is 22.6. The van der Waals surface area contributed by atoms with Crippen LogP contribution in [0.2, 0.25) is 0 Å². The van der Waals surface area contributed by atoms with Crippen LogP contribution >= 0.6 is 0 Å². The van der Waals surface area contributed by atoms with Gasteiger partial charge in [0.25, 0.3) is 5.91 Å². The third kappa shape index (κ3) is 2.77. The van der Waals surface area contributed by atoms with Gasteiger partial charge in [0.2, 0.25) is 5.95 Å². The Kier molecular flexibility index (Phi) is 3.74. The van der Waals surface area contributed by atoms with Crippen molar-refractivity contribution in [1.29, 1.82) is 0 Å². The number of hydrogen-bond acceptors (Lipinski definition) is 4. The Morgan fingerprint density at radius 3 is 2.52 bits per heavy atom. The molecule has 0 spiro atoms. The number of rotatable bonds is 3. The van der Waals surface area contributed by atoms with Gasteiger partial charge < -0.3 is 9.88 Å². The van der Waals surface area contributed by atoms with Crippen molar-refractivity contribution in [3.63, 3.8) is 0 Å². The van der Waals surface area contributed by atoms with Crippen molar-refractivity contribution >= 4 is 22.9 Å². The van der Waals surface area contributed by atoms with Crippen LogP contribution in [0.1, 0.15) is 11.6 Å². The molecule has 4 rings (SSSR count). The monoisotopic (exact) mass is 333 g/mol. The summed E-state index contributed by atoms with van der Waals surface area (Å²) >= 11 is 0. The summed E-state index contributed by atoms with van der Waals surface area (Å²) in [6.45, 7) is 0. The first-order chi connectivity index (χ1) is 12.1. The van der Waals surface area contributed by atoms with Crippen molar-refractivity contribution in [2.24, 2.45) is 0 Å². The van der Waals surface area contributed by atoms with Crippen molar-refractivity contribution in [2.75, 3.05) is 19.1 Å². The Labute approximate surface area is 145 Å². The molecule has 126 valence electrons. The molecule has 1 fully saturated rings. The number of hydrogen-bond donors (Lipinski definition) is 2. The van der Waals surface area contributed by atoms with Gasteiger partial charge in [-0.3, -0.25) is 4.79 Å². The molecule has 0 saturated carbocycles. The number of amides is 1. The summed E-state index contributed by atoms with van der Waals surface area (Å²) in [7, 11) is 3.82. The lowest BCUT2D eigenvalue weighted by atomic mass is 10.0. The molecule has 2 aromatic carbocycles. The zero-order chi connectivity index (χ0) is 17.4. The van der Waals surface area contributed by atoms with E-state index in [2.05, 4.69) is 15.4 Å². The summed E-state index contributed by atoms with van der Waals surface area (Å²) < 4.78 is 0. The molecular formula is C19H19N5O. The molecule has 6 heteroatoms. The number of nitrogens with one attached hydrogen (secondary N) is 2. The van der Waals surface area contributed by atoms with Crippen molar-refractivity contribution in [3.05, 3.63) is 71.9 Å². The number of para-hydroxylation sites is 2. The Balaban J connectivity index is 1.76. The van der Waals surface area contributed by atoms with E-state index in [0.717, 1.165) is 16.6 Å². The van der Waals surface area contributed by atoms with Gasteiger partial charge in [-0.1, -0.05) is 42.5 Å². The van der Waals surface area contributed by atoms with Gasteiger partial charge in [-0.2, -0.15) is 0 Å². The summed E-state index contributed by atoms with van der Waals surface area (Å²) in [5.74, 6) is 0.385. The average Bonchev–Trinajstić information content (AvgIpc) is 3.17. The van der Waals surface area contributed by atoms with E-state index >= 15 is 0 Å². The highest BCUT2D eigenvalue weighted by atomic mass is 16.2. The van der Waals surface area contributed by atoms with Crippen LogP contribution in [0.5, 0.6) is 0 Å². The largest absolute Gasteiger partial charge is 0.383 e. The van der Waals surface area contributed by atoms with Gasteiger partial charge >= 0.3 is 0 Å². The van der Waals surface area contributed by atoms with Crippen molar-refractivity contribution < 1.29 is 4.79 Å².